The third kappa shape index (κ3) is 2.47. The Kier molecular flexibility index (Phi) is 3.13. The van der Waals surface area contributed by atoms with Crippen LogP contribution in [0.5, 0.6) is 11.6 Å². The zero-order chi connectivity index (χ0) is 15.0. The zero-order valence-electron chi connectivity index (χ0n) is 11.9. The highest BCUT2D eigenvalue weighted by atomic mass is 16.5. The van der Waals surface area contributed by atoms with Crippen molar-refractivity contribution >= 4 is 22.7 Å². The minimum Gasteiger partial charge on any atom is -0.438 e. The van der Waals surface area contributed by atoms with Crippen LogP contribution in [0, 0.1) is 0 Å². The summed E-state index contributed by atoms with van der Waals surface area (Å²) < 4.78 is 7.85. The van der Waals surface area contributed by atoms with Crippen molar-refractivity contribution in [3.63, 3.8) is 0 Å². The SMILES string of the molecule is CC(C)n1ccc2c(Oc3ccc(N)cc3)nc(N)nc21. The Morgan fingerprint density at radius 3 is 2.43 bits per heavy atom. The van der Waals surface area contributed by atoms with Gasteiger partial charge in [0.1, 0.15) is 11.4 Å². The predicted octanol–water partition coefficient (Wildman–Crippen LogP) is 2.97. The first-order valence-electron chi connectivity index (χ1n) is 6.72. The maximum absolute atomic E-state index is 5.82. The van der Waals surface area contributed by atoms with Crippen LogP contribution in [0.4, 0.5) is 11.6 Å². The lowest BCUT2D eigenvalue weighted by molar-refractivity contribution is 0.469. The van der Waals surface area contributed by atoms with Crippen molar-refractivity contribution in [1.29, 1.82) is 0 Å². The fourth-order valence-corrected chi connectivity index (χ4v) is 2.16. The zero-order valence-corrected chi connectivity index (χ0v) is 11.9. The number of rotatable bonds is 3. The van der Waals surface area contributed by atoms with Gasteiger partial charge in [0.25, 0.3) is 0 Å². The van der Waals surface area contributed by atoms with E-state index in [2.05, 4.69) is 23.8 Å². The van der Waals surface area contributed by atoms with E-state index in [1.54, 1.807) is 24.3 Å². The molecule has 0 fully saturated rings. The van der Waals surface area contributed by atoms with E-state index in [1.807, 2.05) is 16.8 Å². The second-order valence-corrected chi connectivity index (χ2v) is 5.11. The van der Waals surface area contributed by atoms with E-state index in [0.717, 1.165) is 11.0 Å². The first-order valence-corrected chi connectivity index (χ1v) is 6.72. The molecule has 21 heavy (non-hydrogen) atoms. The number of nitrogens with zero attached hydrogens (tertiary/aromatic N) is 3. The second-order valence-electron chi connectivity index (χ2n) is 5.11. The summed E-state index contributed by atoms with van der Waals surface area (Å²) in [4.78, 5) is 8.49. The summed E-state index contributed by atoms with van der Waals surface area (Å²) in [5.41, 5.74) is 12.9. The Labute approximate surface area is 122 Å². The van der Waals surface area contributed by atoms with Gasteiger partial charge in [-0.25, -0.2) is 0 Å². The molecule has 108 valence electrons. The largest absolute Gasteiger partial charge is 0.438 e. The number of benzene rings is 1. The minimum absolute atomic E-state index is 0.188. The van der Waals surface area contributed by atoms with Crippen LogP contribution in [-0.4, -0.2) is 14.5 Å². The van der Waals surface area contributed by atoms with Crippen molar-refractivity contribution < 1.29 is 4.74 Å². The summed E-state index contributed by atoms with van der Waals surface area (Å²) in [5.74, 6) is 1.29. The van der Waals surface area contributed by atoms with Gasteiger partial charge in [-0.3, -0.25) is 0 Å². The van der Waals surface area contributed by atoms with Gasteiger partial charge in [0.05, 0.1) is 5.39 Å². The van der Waals surface area contributed by atoms with Crippen molar-refractivity contribution in [3.05, 3.63) is 36.5 Å². The van der Waals surface area contributed by atoms with E-state index in [4.69, 9.17) is 16.2 Å². The summed E-state index contributed by atoms with van der Waals surface area (Å²) in [6, 6.07) is 9.34. The molecule has 0 unspecified atom stereocenters. The maximum Gasteiger partial charge on any atom is 0.233 e. The molecule has 0 amide bonds. The normalized spacial score (nSPS) is 11.2. The van der Waals surface area contributed by atoms with Gasteiger partial charge in [-0.1, -0.05) is 0 Å². The van der Waals surface area contributed by atoms with Gasteiger partial charge < -0.3 is 20.8 Å². The van der Waals surface area contributed by atoms with Crippen LogP contribution in [0.1, 0.15) is 19.9 Å². The molecule has 0 spiro atoms. The van der Waals surface area contributed by atoms with Crippen LogP contribution >= 0.6 is 0 Å². The average Bonchev–Trinajstić information content (AvgIpc) is 2.85. The summed E-state index contributed by atoms with van der Waals surface area (Å²) in [5, 5.41) is 0.828. The molecule has 0 bridgehead atoms. The van der Waals surface area contributed by atoms with Gasteiger partial charge >= 0.3 is 0 Å². The second kappa shape index (κ2) is 4.97. The van der Waals surface area contributed by atoms with Crippen molar-refractivity contribution in [3.8, 4) is 11.6 Å². The van der Waals surface area contributed by atoms with Crippen LogP contribution in [0.15, 0.2) is 36.5 Å². The maximum atomic E-state index is 5.82. The lowest BCUT2D eigenvalue weighted by Crippen LogP contribution is -2.03. The number of fused-ring (bicyclic) bond motifs is 1. The molecular formula is C15H17N5O. The van der Waals surface area contributed by atoms with E-state index in [1.165, 1.54) is 0 Å². The van der Waals surface area contributed by atoms with Gasteiger partial charge in [0, 0.05) is 17.9 Å². The first-order chi connectivity index (χ1) is 10.0. The molecule has 2 heterocycles. The Bertz CT molecular complexity index is 777. The van der Waals surface area contributed by atoms with Crippen LogP contribution in [0.25, 0.3) is 11.0 Å². The Hall–Kier alpha value is -2.76. The molecule has 0 aliphatic heterocycles. The topological polar surface area (TPSA) is 92.0 Å². The number of ether oxygens (including phenoxy) is 1. The van der Waals surface area contributed by atoms with Crippen LogP contribution in [-0.2, 0) is 0 Å². The highest BCUT2D eigenvalue weighted by Crippen LogP contribution is 2.30. The van der Waals surface area contributed by atoms with E-state index >= 15 is 0 Å². The highest BCUT2D eigenvalue weighted by Gasteiger charge is 2.13. The molecule has 0 atom stereocenters. The van der Waals surface area contributed by atoms with E-state index in [9.17, 15) is 0 Å². The molecule has 3 rings (SSSR count). The molecule has 0 radical (unpaired) electrons. The standard InChI is InChI=1S/C15H17N5O/c1-9(2)20-8-7-12-13(20)18-15(17)19-14(12)21-11-5-3-10(16)4-6-11/h3-9H,16H2,1-2H3,(H2,17,18,19). The molecule has 0 saturated heterocycles. The molecule has 6 nitrogen and oxygen atoms in total. The van der Waals surface area contributed by atoms with Gasteiger partial charge in [0.2, 0.25) is 11.8 Å². The molecule has 2 aromatic heterocycles. The smallest absolute Gasteiger partial charge is 0.233 e. The number of aromatic nitrogens is 3. The van der Waals surface area contributed by atoms with E-state index in [-0.39, 0.29) is 12.0 Å². The fourth-order valence-electron chi connectivity index (χ4n) is 2.16. The quantitative estimate of drug-likeness (QED) is 0.721. The third-order valence-corrected chi connectivity index (χ3v) is 3.21. The summed E-state index contributed by atoms with van der Waals surface area (Å²) in [6.07, 6.45) is 1.96. The number of hydrogen-bond acceptors (Lipinski definition) is 5. The molecule has 1 aromatic carbocycles. The van der Waals surface area contributed by atoms with E-state index < -0.39 is 0 Å². The number of anilines is 2. The van der Waals surface area contributed by atoms with Gasteiger partial charge in [0.15, 0.2) is 0 Å². The van der Waals surface area contributed by atoms with E-state index in [0.29, 0.717) is 17.3 Å². The monoisotopic (exact) mass is 283 g/mol. The minimum atomic E-state index is 0.188. The Morgan fingerprint density at radius 1 is 1.05 bits per heavy atom. The molecular weight excluding hydrogens is 266 g/mol. The average molecular weight is 283 g/mol. The number of nitrogen functional groups attached to an aromatic ring is 2. The van der Waals surface area contributed by atoms with Gasteiger partial charge in [-0.2, -0.15) is 9.97 Å². The number of hydrogen-bond donors (Lipinski definition) is 2. The van der Waals surface area contributed by atoms with Crippen LogP contribution in [0.2, 0.25) is 0 Å². The predicted molar refractivity (Wildman–Crippen MR) is 83.3 cm³/mol. The van der Waals surface area contributed by atoms with Crippen LogP contribution in [0.3, 0.4) is 0 Å². The van der Waals surface area contributed by atoms with Gasteiger partial charge in [-0.05, 0) is 44.2 Å². The number of nitrogens with two attached hydrogens (primary N) is 2. The fraction of sp³-hybridized carbons (Fsp3) is 0.200. The molecule has 4 N–H and O–H groups in total. The summed E-state index contributed by atoms with van der Waals surface area (Å²) >= 11 is 0. The molecule has 0 aliphatic rings. The molecule has 3 aromatic rings. The lowest BCUT2D eigenvalue weighted by Gasteiger charge is -2.10. The Morgan fingerprint density at radius 2 is 1.76 bits per heavy atom. The molecule has 0 saturated carbocycles. The molecule has 6 heteroatoms. The first kappa shape index (κ1) is 13.2. The summed E-state index contributed by atoms with van der Waals surface area (Å²) in [7, 11) is 0. The van der Waals surface area contributed by atoms with Crippen molar-refractivity contribution in [2.45, 2.75) is 19.9 Å². The third-order valence-electron chi connectivity index (χ3n) is 3.21. The molecule has 0 aliphatic carbocycles. The van der Waals surface area contributed by atoms with Crippen LogP contribution < -0.4 is 16.2 Å². The van der Waals surface area contributed by atoms with Gasteiger partial charge in [-0.15, -0.1) is 0 Å². The Balaban J connectivity index is 2.07. The summed E-state index contributed by atoms with van der Waals surface area (Å²) in [6.45, 7) is 4.16. The van der Waals surface area contributed by atoms with Crippen molar-refractivity contribution in [2.75, 3.05) is 11.5 Å². The van der Waals surface area contributed by atoms with Crippen molar-refractivity contribution in [1.82, 2.24) is 14.5 Å². The highest BCUT2D eigenvalue weighted by molar-refractivity contribution is 5.83. The van der Waals surface area contributed by atoms with Crippen molar-refractivity contribution in [2.24, 2.45) is 0 Å². The lowest BCUT2D eigenvalue weighted by atomic mass is 10.3.